The van der Waals surface area contributed by atoms with Crippen molar-refractivity contribution in [1.82, 2.24) is 10.2 Å². The SMILES string of the molecule is CC(C)C1CN(CC(C)(C)C(C)C)C(C)CN1. The van der Waals surface area contributed by atoms with Crippen LogP contribution in [0.5, 0.6) is 0 Å². The second-order valence-corrected chi connectivity index (χ2v) is 7.18. The number of piperazine rings is 1. The van der Waals surface area contributed by atoms with Crippen molar-refractivity contribution in [1.29, 1.82) is 0 Å². The maximum Gasteiger partial charge on any atom is 0.0218 e. The number of hydrogen-bond acceptors (Lipinski definition) is 2. The zero-order valence-corrected chi connectivity index (χ0v) is 12.9. The van der Waals surface area contributed by atoms with Gasteiger partial charge < -0.3 is 5.32 Å². The molecule has 0 spiro atoms. The highest BCUT2D eigenvalue weighted by atomic mass is 15.2. The minimum Gasteiger partial charge on any atom is -0.311 e. The third kappa shape index (κ3) is 3.96. The molecular formula is C15H32N2. The summed E-state index contributed by atoms with van der Waals surface area (Å²) in [4.78, 5) is 2.68. The number of rotatable bonds is 4. The van der Waals surface area contributed by atoms with E-state index in [0.29, 0.717) is 17.5 Å². The van der Waals surface area contributed by atoms with Gasteiger partial charge in [-0.05, 0) is 24.2 Å². The van der Waals surface area contributed by atoms with Crippen LogP contribution in [-0.2, 0) is 0 Å². The topological polar surface area (TPSA) is 15.3 Å². The van der Waals surface area contributed by atoms with Crippen LogP contribution in [0.25, 0.3) is 0 Å². The maximum absolute atomic E-state index is 3.67. The third-order valence-electron chi connectivity index (χ3n) is 4.71. The average Bonchev–Trinajstić information content (AvgIpc) is 2.20. The Morgan fingerprint density at radius 3 is 2.29 bits per heavy atom. The fourth-order valence-corrected chi connectivity index (χ4v) is 2.32. The standard InChI is InChI=1S/C15H32N2/c1-11(2)14-9-17(13(5)8-16-14)10-15(6,7)12(3)4/h11-14,16H,8-10H2,1-7H3. The highest BCUT2D eigenvalue weighted by Gasteiger charge is 2.32. The second-order valence-electron chi connectivity index (χ2n) is 7.18. The van der Waals surface area contributed by atoms with Crippen LogP contribution < -0.4 is 5.32 Å². The molecule has 2 atom stereocenters. The molecule has 1 fully saturated rings. The van der Waals surface area contributed by atoms with Crippen LogP contribution in [-0.4, -0.2) is 36.6 Å². The number of nitrogens with one attached hydrogen (secondary N) is 1. The summed E-state index contributed by atoms with van der Waals surface area (Å²) in [5.74, 6) is 1.47. The molecule has 1 rings (SSSR count). The van der Waals surface area contributed by atoms with Crippen LogP contribution in [0.1, 0.15) is 48.5 Å². The van der Waals surface area contributed by atoms with E-state index in [9.17, 15) is 0 Å². The van der Waals surface area contributed by atoms with Crippen molar-refractivity contribution >= 4 is 0 Å². The Kier molecular flexibility index (Phi) is 5.03. The van der Waals surface area contributed by atoms with Gasteiger partial charge in [0.05, 0.1) is 0 Å². The fraction of sp³-hybridized carbons (Fsp3) is 1.00. The molecule has 1 saturated heterocycles. The second kappa shape index (κ2) is 5.71. The summed E-state index contributed by atoms with van der Waals surface area (Å²) in [5, 5.41) is 3.67. The van der Waals surface area contributed by atoms with E-state index in [1.165, 1.54) is 13.1 Å². The van der Waals surface area contributed by atoms with E-state index in [0.717, 1.165) is 18.4 Å². The van der Waals surface area contributed by atoms with Gasteiger partial charge in [-0.15, -0.1) is 0 Å². The van der Waals surface area contributed by atoms with Crippen molar-refractivity contribution in [3.63, 3.8) is 0 Å². The summed E-state index contributed by atoms with van der Waals surface area (Å²) in [7, 11) is 0. The highest BCUT2D eigenvalue weighted by Crippen LogP contribution is 2.28. The normalized spacial score (nSPS) is 28.1. The van der Waals surface area contributed by atoms with Gasteiger partial charge in [-0.2, -0.15) is 0 Å². The van der Waals surface area contributed by atoms with E-state index >= 15 is 0 Å². The number of hydrogen-bond donors (Lipinski definition) is 1. The lowest BCUT2D eigenvalue weighted by atomic mass is 9.80. The average molecular weight is 240 g/mol. The van der Waals surface area contributed by atoms with Crippen molar-refractivity contribution < 1.29 is 0 Å². The Labute approximate surface area is 108 Å². The lowest BCUT2D eigenvalue weighted by molar-refractivity contribution is 0.0620. The van der Waals surface area contributed by atoms with Crippen molar-refractivity contribution in [2.24, 2.45) is 17.3 Å². The molecule has 1 N–H and O–H groups in total. The summed E-state index contributed by atoms with van der Waals surface area (Å²) < 4.78 is 0. The van der Waals surface area contributed by atoms with Crippen LogP contribution in [0.4, 0.5) is 0 Å². The van der Waals surface area contributed by atoms with Gasteiger partial charge in [0.2, 0.25) is 0 Å². The van der Waals surface area contributed by atoms with Crippen molar-refractivity contribution in [2.45, 2.75) is 60.5 Å². The van der Waals surface area contributed by atoms with E-state index in [2.05, 4.69) is 58.7 Å². The van der Waals surface area contributed by atoms with Gasteiger partial charge in [-0.25, -0.2) is 0 Å². The third-order valence-corrected chi connectivity index (χ3v) is 4.71. The first kappa shape index (κ1) is 15.0. The first-order valence-corrected chi connectivity index (χ1v) is 7.21. The van der Waals surface area contributed by atoms with E-state index in [1.54, 1.807) is 0 Å². The smallest absolute Gasteiger partial charge is 0.0218 e. The molecule has 1 heterocycles. The molecule has 2 nitrogen and oxygen atoms in total. The van der Waals surface area contributed by atoms with E-state index in [4.69, 9.17) is 0 Å². The Balaban J connectivity index is 2.62. The summed E-state index contributed by atoms with van der Waals surface area (Å²) in [5.41, 5.74) is 0.410. The molecule has 0 radical (unpaired) electrons. The van der Waals surface area contributed by atoms with Gasteiger partial charge in [0.1, 0.15) is 0 Å². The van der Waals surface area contributed by atoms with Crippen molar-refractivity contribution in [2.75, 3.05) is 19.6 Å². The summed E-state index contributed by atoms with van der Waals surface area (Å²) in [6.45, 7) is 20.0. The number of nitrogens with zero attached hydrogens (tertiary/aromatic N) is 1. The Morgan fingerprint density at radius 2 is 1.82 bits per heavy atom. The van der Waals surface area contributed by atoms with Crippen LogP contribution in [0.2, 0.25) is 0 Å². The van der Waals surface area contributed by atoms with Gasteiger partial charge >= 0.3 is 0 Å². The molecule has 1 aliphatic heterocycles. The molecule has 1 aliphatic rings. The van der Waals surface area contributed by atoms with Crippen LogP contribution in [0.3, 0.4) is 0 Å². The highest BCUT2D eigenvalue weighted by molar-refractivity contribution is 4.88. The molecule has 102 valence electrons. The van der Waals surface area contributed by atoms with E-state index in [1.807, 2.05) is 0 Å². The van der Waals surface area contributed by atoms with Gasteiger partial charge in [0.15, 0.2) is 0 Å². The predicted octanol–water partition coefficient (Wildman–Crippen LogP) is 2.99. The van der Waals surface area contributed by atoms with E-state index in [-0.39, 0.29) is 0 Å². The van der Waals surface area contributed by atoms with Gasteiger partial charge in [-0.1, -0.05) is 41.5 Å². The largest absolute Gasteiger partial charge is 0.311 e. The van der Waals surface area contributed by atoms with E-state index < -0.39 is 0 Å². The van der Waals surface area contributed by atoms with Crippen LogP contribution >= 0.6 is 0 Å². The zero-order chi connectivity index (χ0) is 13.2. The lowest BCUT2D eigenvalue weighted by Crippen LogP contribution is -2.59. The minimum absolute atomic E-state index is 0.410. The Hall–Kier alpha value is -0.0800. The predicted molar refractivity (Wildman–Crippen MR) is 76.3 cm³/mol. The van der Waals surface area contributed by atoms with Gasteiger partial charge in [0, 0.05) is 31.7 Å². The van der Waals surface area contributed by atoms with Crippen LogP contribution in [0.15, 0.2) is 0 Å². The first-order chi connectivity index (χ1) is 7.74. The summed E-state index contributed by atoms with van der Waals surface area (Å²) in [6, 6.07) is 1.33. The van der Waals surface area contributed by atoms with Crippen molar-refractivity contribution in [3.8, 4) is 0 Å². The molecule has 2 unspecified atom stereocenters. The molecule has 0 aromatic rings. The zero-order valence-electron chi connectivity index (χ0n) is 12.9. The molecule has 0 aromatic carbocycles. The molecular weight excluding hydrogens is 208 g/mol. The van der Waals surface area contributed by atoms with Gasteiger partial charge in [-0.3, -0.25) is 4.90 Å². The molecule has 0 aromatic heterocycles. The fourth-order valence-electron chi connectivity index (χ4n) is 2.32. The first-order valence-electron chi connectivity index (χ1n) is 7.21. The molecule has 0 bridgehead atoms. The molecule has 0 amide bonds. The molecule has 17 heavy (non-hydrogen) atoms. The maximum atomic E-state index is 3.67. The quantitative estimate of drug-likeness (QED) is 0.813. The Morgan fingerprint density at radius 1 is 1.24 bits per heavy atom. The molecule has 2 heteroatoms. The van der Waals surface area contributed by atoms with Crippen LogP contribution in [0, 0.1) is 17.3 Å². The van der Waals surface area contributed by atoms with Crippen molar-refractivity contribution in [3.05, 3.63) is 0 Å². The monoisotopic (exact) mass is 240 g/mol. The van der Waals surface area contributed by atoms with Gasteiger partial charge in [0.25, 0.3) is 0 Å². The Bertz CT molecular complexity index is 233. The minimum atomic E-state index is 0.410. The molecule has 0 saturated carbocycles. The lowest BCUT2D eigenvalue weighted by Gasteiger charge is -2.45. The summed E-state index contributed by atoms with van der Waals surface area (Å²) >= 11 is 0. The summed E-state index contributed by atoms with van der Waals surface area (Å²) in [6.07, 6.45) is 0. The molecule has 0 aliphatic carbocycles.